The maximum atomic E-state index is 12.0. The lowest BCUT2D eigenvalue weighted by Crippen LogP contribution is -2.21. The number of hydrogen-bond acceptors (Lipinski definition) is 2. The third kappa shape index (κ3) is 3.99. The Morgan fingerprint density at radius 2 is 1.76 bits per heavy atom. The first-order valence-electron chi connectivity index (χ1n) is 6.72. The summed E-state index contributed by atoms with van der Waals surface area (Å²) in [7, 11) is 0. The second kappa shape index (κ2) is 6.64. The van der Waals surface area contributed by atoms with Gasteiger partial charge in [-0.3, -0.25) is 4.79 Å². The van der Waals surface area contributed by atoms with E-state index in [0.29, 0.717) is 10.8 Å². The van der Waals surface area contributed by atoms with Crippen LogP contribution < -0.4 is 10.1 Å². The van der Waals surface area contributed by atoms with Crippen molar-refractivity contribution in [2.45, 2.75) is 20.8 Å². The molecule has 1 N–H and O–H groups in total. The molecule has 0 aliphatic heterocycles. The molecular formula is C17H18ClNO2. The summed E-state index contributed by atoms with van der Waals surface area (Å²) in [4.78, 5) is 12.0. The first-order valence-corrected chi connectivity index (χ1v) is 7.10. The zero-order valence-electron chi connectivity index (χ0n) is 12.4. The summed E-state index contributed by atoms with van der Waals surface area (Å²) < 4.78 is 5.43. The molecule has 3 nitrogen and oxygen atoms in total. The number of para-hydroxylation sites is 1. The fourth-order valence-corrected chi connectivity index (χ4v) is 2.45. The van der Waals surface area contributed by atoms with Crippen molar-refractivity contribution in [3.8, 4) is 5.75 Å². The number of rotatable bonds is 4. The lowest BCUT2D eigenvalue weighted by Gasteiger charge is -2.13. The lowest BCUT2D eigenvalue weighted by molar-refractivity contribution is -0.118. The minimum atomic E-state index is -0.204. The van der Waals surface area contributed by atoms with Gasteiger partial charge in [-0.05, 0) is 44.0 Å². The molecule has 0 atom stereocenters. The normalized spacial score (nSPS) is 10.3. The minimum Gasteiger partial charge on any atom is -0.482 e. The number of hydrogen-bond donors (Lipinski definition) is 1. The van der Waals surface area contributed by atoms with Gasteiger partial charge in [0.15, 0.2) is 6.61 Å². The van der Waals surface area contributed by atoms with Crippen LogP contribution in [-0.4, -0.2) is 12.5 Å². The van der Waals surface area contributed by atoms with Gasteiger partial charge in [0, 0.05) is 5.69 Å². The number of carbonyl (C=O) groups excluding carboxylic acids is 1. The van der Waals surface area contributed by atoms with Gasteiger partial charge in [0.1, 0.15) is 5.75 Å². The zero-order valence-corrected chi connectivity index (χ0v) is 13.1. The maximum Gasteiger partial charge on any atom is 0.262 e. The smallest absolute Gasteiger partial charge is 0.262 e. The van der Waals surface area contributed by atoms with Gasteiger partial charge >= 0.3 is 0 Å². The summed E-state index contributed by atoms with van der Waals surface area (Å²) in [5, 5.41) is 3.38. The van der Waals surface area contributed by atoms with Gasteiger partial charge in [0.25, 0.3) is 5.91 Å². The molecule has 0 aliphatic carbocycles. The summed E-state index contributed by atoms with van der Waals surface area (Å²) in [6.45, 7) is 5.91. The van der Waals surface area contributed by atoms with Gasteiger partial charge in [-0.2, -0.15) is 0 Å². The average Bonchev–Trinajstić information content (AvgIpc) is 2.42. The predicted octanol–water partition coefficient (Wildman–Crippen LogP) is 4.28. The second-order valence-corrected chi connectivity index (χ2v) is 5.45. The first kappa shape index (κ1) is 15.4. The van der Waals surface area contributed by atoms with Gasteiger partial charge in [-0.1, -0.05) is 41.4 Å². The van der Waals surface area contributed by atoms with Crippen LogP contribution in [0.4, 0.5) is 5.69 Å². The van der Waals surface area contributed by atoms with Crippen molar-refractivity contribution in [2.75, 3.05) is 11.9 Å². The zero-order chi connectivity index (χ0) is 15.4. The third-order valence-electron chi connectivity index (χ3n) is 3.14. The molecule has 0 fully saturated rings. The van der Waals surface area contributed by atoms with Crippen molar-refractivity contribution in [3.63, 3.8) is 0 Å². The van der Waals surface area contributed by atoms with Crippen LogP contribution in [-0.2, 0) is 4.79 Å². The fraction of sp³-hybridized carbons (Fsp3) is 0.235. The number of halogens is 1. The van der Waals surface area contributed by atoms with Gasteiger partial charge in [0.2, 0.25) is 0 Å². The molecule has 0 saturated carbocycles. The molecule has 0 saturated heterocycles. The molecule has 1 amide bonds. The number of amides is 1. The van der Waals surface area contributed by atoms with E-state index >= 15 is 0 Å². The second-order valence-electron chi connectivity index (χ2n) is 5.04. The van der Waals surface area contributed by atoms with Crippen LogP contribution in [0.1, 0.15) is 16.7 Å². The van der Waals surface area contributed by atoms with Crippen molar-refractivity contribution >= 4 is 23.2 Å². The van der Waals surface area contributed by atoms with Gasteiger partial charge in [-0.15, -0.1) is 0 Å². The van der Waals surface area contributed by atoms with E-state index in [1.54, 1.807) is 12.1 Å². The van der Waals surface area contributed by atoms with Crippen LogP contribution in [0.25, 0.3) is 0 Å². The molecule has 2 aromatic rings. The highest BCUT2D eigenvalue weighted by atomic mass is 35.5. The molecule has 2 rings (SSSR count). The first-order chi connectivity index (χ1) is 9.97. The van der Waals surface area contributed by atoms with E-state index in [1.165, 1.54) is 5.56 Å². The van der Waals surface area contributed by atoms with Crippen LogP contribution in [0.5, 0.6) is 5.75 Å². The summed E-state index contributed by atoms with van der Waals surface area (Å²) in [6.07, 6.45) is 0. The molecule has 0 unspecified atom stereocenters. The Balaban J connectivity index is 2.01. The van der Waals surface area contributed by atoms with E-state index < -0.39 is 0 Å². The summed E-state index contributed by atoms with van der Waals surface area (Å²) >= 11 is 5.98. The monoisotopic (exact) mass is 303 g/mol. The summed E-state index contributed by atoms with van der Waals surface area (Å²) in [5.74, 6) is 0.302. The number of nitrogens with one attached hydrogen (secondary N) is 1. The largest absolute Gasteiger partial charge is 0.482 e. The van der Waals surface area contributed by atoms with Crippen LogP contribution in [0, 0.1) is 20.8 Å². The molecular weight excluding hydrogens is 286 g/mol. The fourth-order valence-electron chi connectivity index (χ4n) is 2.26. The molecule has 110 valence electrons. The Hall–Kier alpha value is -2.00. The Bertz CT molecular complexity index is 645. The Kier molecular flexibility index (Phi) is 4.86. The van der Waals surface area contributed by atoms with Crippen molar-refractivity contribution in [1.29, 1.82) is 0 Å². The highest BCUT2D eigenvalue weighted by Crippen LogP contribution is 2.24. The van der Waals surface area contributed by atoms with Crippen LogP contribution in [0.2, 0.25) is 5.02 Å². The van der Waals surface area contributed by atoms with E-state index in [2.05, 4.69) is 5.32 Å². The molecule has 0 spiro atoms. The number of carbonyl (C=O) groups is 1. The van der Waals surface area contributed by atoms with E-state index in [4.69, 9.17) is 16.3 Å². The van der Waals surface area contributed by atoms with Crippen LogP contribution in [0.3, 0.4) is 0 Å². The number of benzene rings is 2. The summed E-state index contributed by atoms with van der Waals surface area (Å²) in [5.41, 5.74) is 4.10. The SMILES string of the molecule is Cc1cc(C)c(NC(=O)COc2ccccc2Cl)c(C)c1. The van der Waals surface area contributed by atoms with Crippen LogP contribution in [0.15, 0.2) is 36.4 Å². The van der Waals surface area contributed by atoms with Gasteiger partial charge in [0.05, 0.1) is 5.02 Å². The molecule has 0 heterocycles. The minimum absolute atomic E-state index is 0.0729. The molecule has 0 aromatic heterocycles. The van der Waals surface area contributed by atoms with E-state index in [1.807, 2.05) is 45.0 Å². The molecule has 0 radical (unpaired) electrons. The van der Waals surface area contributed by atoms with Gasteiger partial charge in [-0.25, -0.2) is 0 Å². The number of anilines is 1. The highest BCUT2D eigenvalue weighted by molar-refractivity contribution is 6.32. The lowest BCUT2D eigenvalue weighted by atomic mass is 10.1. The van der Waals surface area contributed by atoms with Crippen molar-refractivity contribution in [3.05, 3.63) is 58.1 Å². The van der Waals surface area contributed by atoms with Gasteiger partial charge < -0.3 is 10.1 Å². The number of aryl methyl sites for hydroxylation is 3. The van der Waals surface area contributed by atoms with E-state index in [-0.39, 0.29) is 12.5 Å². The molecule has 0 bridgehead atoms. The predicted molar refractivity (Wildman–Crippen MR) is 86.2 cm³/mol. The Labute approximate surface area is 129 Å². The quantitative estimate of drug-likeness (QED) is 0.915. The Morgan fingerprint density at radius 1 is 1.14 bits per heavy atom. The van der Waals surface area contributed by atoms with Crippen molar-refractivity contribution < 1.29 is 9.53 Å². The molecule has 4 heteroatoms. The maximum absolute atomic E-state index is 12.0. The third-order valence-corrected chi connectivity index (χ3v) is 3.45. The molecule has 2 aromatic carbocycles. The summed E-state index contributed by atoms with van der Waals surface area (Å²) in [6, 6.07) is 11.2. The molecule has 0 aliphatic rings. The van der Waals surface area contributed by atoms with Crippen molar-refractivity contribution in [1.82, 2.24) is 0 Å². The van der Waals surface area contributed by atoms with Crippen molar-refractivity contribution in [2.24, 2.45) is 0 Å². The van der Waals surface area contributed by atoms with Crippen LogP contribution >= 0.6 is 11.6 Å². The van der Waals surface area contributed by atoms with E-state index in [0.717, 1.165) is 16.8 Å². The molecule has 21 heavy (non-hydrogen) atoms. The average molecular weight is 304 g/mol. The number of ether oxygens (including phenoxy) is 1. The topological polar surface area (TPSA) is 38.3 Å². The highest BCUT2D eigenvalue weighted by Gasteiger charge is 2.09. The Morgan fingerprint density at radius 3 is 2.38 bits per heavy atom. The standard InChI is InChI=1S/C17H18ClNO2/c1-11-8-12(2)17(13(3)9-11)19-16(20)10-21-15-7-5-4-6-14(15)18/h4-9H,10H2,1-3H3,(H,19,20). The van der Waals surface area contributed by atoms with E-state index in [9.17, 15) is 4.79 Å².